The van der Waals surface area contributed by atoms with Crippen LogP contribution in [0, 0.1) is 6.92 Å². The Morgan fingerprint density at radius 2 is 1.74 bits per heavy atom. The van der Waals surface area contributed by atoms with Crippen molar-refractivity contribution in [2.75, 3.05) is 27.6 Å². The summed E-state index contributed by atoms with van der Waals surface area (Å²) in [5, 5.41) is 2.82. The van der Waals surface area contributed by atoms with Crippen molar-refractivity contribution in [1.29, 1.82) is 0 Å². The molecule has 0 aliphatic carbocycles. The van der Waals surface area contributed by atoms with Crippen LogP contribution in [-0.2, 0) is 26.0 Å². The molecule has 0 spiro atoms. The van der Waals surface area contributed by atoms with E-state index in [1.54, 1.807) is 47.4 Å². The molecule has 2 amide bonds. The summed E-state index contributed by atoms with van der Waals surface area (Å²) in [6.45, 7) is 4.15. The topological polar surface area (TPSA) is 86.8 Å². The second kappa shape index (κ2) is 10.3. The monoisotopic (exact) mass is 491 g/mol. The van der Waals surface area contributed by atoms with E-state index in [2.05, 4.69) is 5.32 Å². The van der Waals surface area contributed by atoms with Gasteiger partial charge < -0.3 is 10.2 Å². The summed E-state index contributed by atoms with van der Waals surface area (Å²) in [5.74, 6) is -0.360. The number of benzene rings is 3. The van der Waals surface area contributed by atoms with Crippen molar-refractivity contribution in [3.63, 3.8) is 0 Å². The zero-order chi connectivity index (χ0) is 25.0. The molecule has 1 N–H and O–H groups in total. The van der Waals surface area contributed by atoms with Crippen LogP contribution in [0.5, 0.6) is 0 Å². The van der Waals surface area contributed by atoms with Gasteiger partial charge in [0, 0.05) is 24.3 Å². The number of aryl methyl sites for hydroxylation is 2. The van der Waals surface area contributed by atoms with Crippen LogP contribution >= 0.6 is 0 Å². The van der Waals surface area contributed by atoms with E-state index in [4.69, 9.17) is 0 Å². The fourth-order valence-corrected chi connectivity index (χ4v) is 5.82. The number of sulfonamides is 1. The lowest BCUT2D eigenvalue weighted by atomic mass is 10.1. The largest absolute Gasteiger partial charge is 0.325 e. The van der Waals surface area contributed by atoms with Gasteiger partial charge in [0.1, 0.15) is 6.54 Å². The number of hydrogen-bond donors (Lipinski definition) is 1. The summed E-state index contributed by atoms with van der Waals surface area (Å²) < 4.78 is 28.3. The van der Waals surface area contributed by atoms with Gasteiger partial charge in [0.2, 0.25) is 11.8 Å². The van der Waals surface area contributed by atoms with Crippen LogP contribution < -0.4 is 14.5 Å². The van der Waals surface area contributed by atoms with Crippen molar-refractivity contribution in [2.24, 2.45) is 0 Å². The predicted molar refractivity (Wildman–Crippen MR) is 138 cm³/mol. The van der Waals surface area contributed by atoms with Gasteiger partial charge in [0.05, 0.1) is 10.6 Å². The van der Waals surface area contributed by atoms with Crippen LogP contribution in [0.2, 0.25) is 0 Å². The van der Waals surface area contributed by atoms with E-state index in [0.29, 0.717) is 30.8 Å². The highest BCUT2D eigenvalue weighted by Gasteiger charge is 2.29. The van der Waals surface area contributed by atoms with Gasteiger partial charge in [-0.3, -0.25) is 13.9 Å². The zero-order valence-electron chi connectivity index (χ0n) is 19.9. The molecule has 0 atom stereocenters. The summed E-state index contributed by atoms with van der Waals surface area (Å²) in [5.41, 5.74) is 3.55. The molecule has 1 saturated heterocycles. The maximum absolute atomic E-state index is 13.6. The van der Waals surface area contributed by atoms with Gasteiger partial charge in [-0.25, -0.2) is 8.42 Å². The first-order chi connectivity index (χ1) is 16.8. The maximum Gasteiger partial charge on any atom is 0.264 e. The minimum Gasteiger partial charge on any atom is -0.325 e. The van der Waals surface area contributed by atoms with E-state index in [1.165, 1.54) is 16.4 Å². The molecule has 35 heavy (non-hydrogen) atoms. The van der Waals surface area contributed by atoms with E-state index < -0.39 is 15.9 Å². The van der Waals surface area contributed by atoms with Crippen molar-refractivity contribution < 1.29 is 18.0 Å². The van der Waals surface area contributed by atoms with Gasteiger partial charge in [0.25, 0.3) is 10.0 Å². The standard InChI is InChI=1S/C27H29N3O4S/c1-3-21-10-7-8-13-25(21)30(35(33,34)23-11-5-4-6-12-23)19-26(31)28-22-15-16-24(20(2)18-22)29-17-9-14-27(29)32/h4-8,10-13,15-16,18H,3,9,14,17,19H2,1-2H3,(H,28,31). The summed E-state index contributed by atoms with van der Waals surface area (Å²) >= 11 is 0. The third kappa shape index (κ3) is 5.22. The van der Waals surface area contributed by atoms with Gasteiger partial charge >= 0.3 is 0 Å². The van der Waals surface area contributed by atoms with E-state index in [1.807, 2.05) is 32.0 Å². The third-order valence-electron chi connectivity index (χ3n) is 6.10. The molecule has 1 fully saturated rings. The second-order valence-electron chi connectivity index (χ2n) is 8.51. The molecule has 1 heterocycles. The molecule has 8 heteroatoms. The summed E-state index contributed by atoms with van der Waals surface area (Å²) in [4.78, 5) is 27.1. The maximum atomic E-state index is 13.6. The fourth-order valence-electron chi connectivity index (χ4n) is 4.34. The SMILES string of the molecule is CCc1ccccc1N(CC(=O)Nc1ccc(N2CCCC2=O)c(C)c1)S(=O)(=O)c1ccccc1. The molecule has 7 nitrogen and oxygen atoms in total. The predicted octanol–water partition coefficient (Wildman–Crippen LogP) is 4.52. The Labute approximate surface area is 206 Å². The Morgan fingerprint density at radius 1 is 1.03 bits per heavy atom. The van der Waals surface area contributed by atoms with Crippen LogP contribution in [0.3, 0.4) is 0 Å². The van der Waals surface area contributed by atoms with Gasteiger partial charge in [-0.15, -0.1) is 0 Å². The number of amides is 2. The third-order valence-corrected chi connectivity index (χ3v) is 7.88. The van der Waals surface area contributed by atoms with Crippen LogP contribution in [0.4, 0.5) is 17.1 Å². The van der Waals surface area contributed by atoms with Crippen LogP contribution in [0.25, 0.3) is 0 Å². The van der Waals surface area contributed by atoms with Crippen molar-refractivity contribution >= 4 is 38.9 Å². The number of hydrogen-bond acceptors (Lipinski definition) is 4. The molecule has 0 saturated carbocycles. The summed E-state index contributed by atoms with van der Waals surface area (Å²) in [7, 11) is -3.98. The highest BCUT2D eigenvalue weighted by molar-refractivity contribution is 7.92. The minimum absolute atomic E-state index is 0.0984. The minimum atomic E-state index is -3.98. The highest BCUT2D eigenvalue weighted by atomic mass is 32.2. The number of nitrogens with zero attached hydrogens (tertiary/aromatic N) is 2. The molecule has 1 aliphatic rings. The van der Waals surface area contributed by atoms with Gasteiger partial charge in [-0.1, -0.05) is 43.3 Å². The summed E-state index contributed by atoms with van der Waals surface area (Å²) in [6.07, 6.45) is 2.00. The molecule has 182 valence electrons. The molecule has 0 aromatic heterocycles. The molecular weight excluding hydrogens is 462 g/mol. The number of nitrogens with one attached hydrogen (secondary N) is 1. The second-order valence-corrected chi connectivity index (χ2v) is 10.4. The number of rotatable bonds is 8. The average Bonchev–Trinajstić information content (AvgIpc) is 3.28. The van der Waals surface area contributed by atoms with E-state index in [-0.39, 0.29) is 17.3 Å². The van der Waals surface area contributed by atoms with E-state index in [9.17, 15) is 18.0 Å². The van der Waals surface area contributed by atoms with Crippen molar-refractivity contribution in [2.45, 2.75) is 38.0 Å². The summed E-state index contributed by atoms with van der Waals surface area (Å²) in [6, 6.07) is 20.7. The molecule has 1 aliphatic heterocycles. The van der Waals surface area contributed by atoms with Crippen molar-refractivity contribution in [1.82, 2.24) is 0 Å². The first kappa shape index (κ1) is 24.5. The molecule has 0 bridgehead atoms. The lowest BCUT2D eigenvalue weighted by Gasteiger charge is -2.26. The van der Waals surface area contributed by atoms with E-state index >= 15 is 0 Å². The number of carbonyl (C=O) groups is 2. The smallest absolute Gasteiger partial charge is 0.264 e. The van der Waals surface area contributed by atoms with Crippen molar-refractivity contribution in [3.8, 4) is 0 Å². The van der Waals surface area contributed by atoms with Crippen LogP contribution in [0.15, 0.2) is 77.7 Å². The molecule has 4 rings (SSSR count). The lowest BCUT2D eigenvalue weighted by molar-refractivity contribution is -0.117. The van der Waals surface area contributed by atoms with Gasteiger partial charge in [-0.05, 0) is 67.3 Å². The van der Waals surface area contributed by atoms with Crippen LogP contribution in [0.1, 0.15) is 30.9 Å². The van der Waals surface area contributed by atoms with Crippen LogP contribution in [-0.4, -0.2) is 33.3 Å². The quantitative estimate of drug-likeness (QED) is 0.502. The molecule has 0 radical (unpaired) electrons. The Hall–Kier alpha value is -3.65. The first-order valence-corrected chi connectivity index (χ1v) is 13.1. The molecular formula is C27H29N3O4S. The van der Waals surface area contributed by atoms with Gasteiger partial charge in [0.15, 0.2) is 0 Å². The highest BCUT2D eigenvalue weighted by Crippen LogP contribution is 2.29. The Kier molecular flexibility index (Phi) is 7.21. The normalized spacial score (nSPS) is 13.7. The Bertz CT molecular complexity index is 1340. The number of carbonyl (C=O) groups excluding carboxylic acids is 2. The molecule has 3 aromatic rings. The zero-order valence-corrected chi connectivity index (χ0v) is 20.7. The lowest BCUT2D eigenvalue weighted by Crippen LogP contribution is -2.38. The Morgan fingerprint density at radius 3 is 2.40 bits per heavy atom. The van der Waals surface area contributed by atoms with Gasteiger partial charge in [-0.2, -0.15) is 0 Å². The first-order valence-electron chi connectivity index (χ1n) is 11.7. The number of anilines is 3. The average molecular weight is 492 g/mol. The number of para-hydroxylation sites is 1. The molecule has 3 aromatic carbocycles. The van der Waals surface area contributed by atoms with E-state index in [0.717, 1.165) is 23.2 Å². The molecule has 0 unspecified atom stereocenters. The Balaban J connectivity index is 1.61. The van der Waals surface area contributed by atoms with Crippen molar-refractivity contribution in [3.05, 3.63) is 83.9 Å². The fraction of sp³-hybridized carbons (Fsp3) is 0.259.